The van der Waals surface area contributed by atoms with Crippen LogP contribution in [0.1, 0.15) is 12.8 Å². The molecule has 0 fully saturated rings. The van der Waals surface area contributed by atoms with Crippen LogP contribution >= 0.6 is 23.1 Å². The summed E-state index contributed by atoms with van der Waals surface area (Å²) in [4.78, 5) is 21.3. The molecular weight excluding hydrogens is 314 g/mol. The van der Waals surface area contributed by atoms with Gasteiger partial charge < -0.3 is 4.98 Å². The predicted molar refractivity (Wildman–Crippen MR) is 91.2 cm³/mol. The molecule has 0 saturated carbocycles. The number of nitriles is 1. The number of hydrogen-bond acceptors (Lipinski definition) is 5. The minimum absolute atomic E-state index is 0.105. The number of aromatic nitrogens is 2. The standard InChI is InChI=1S/C16H13N3OS2/c17-8-4-5-9-21-16-18-14(20)12-10-13(22-15(12)19-16)11-6-2-1-3-7-11/h1-3,6-7,10H,4-5,9H2,(H,18,19,20). The van der Waals surface area contributed by atoms with Gasteiger partial charge in [-0.3, -0.25) is 4.79 Å². The zero-order valence-corrected chi connectivity index (χ0v) is 13.3. The van der Waals surface area contributed by atoms with Crippen molar-refractivity contribution >= 4 is 33.3 Å². The topological polar surface area (TPSA) is 69.5 Å². The monoisotopic (exact) mass is 327 g/mol. The van der Waals surface area contributed by atoms with Gasteiger partial charge in [-0.2, -0.15) is 5.26 Å². The number of thioether (sulfide) groups is 1. The van der Waals surface area contributed by atoms with Crippen LogP contribution in [0.5, 0.6) is 0 Å². The quantitative estimate of drug-likeness (QED) is 0.436. The summed E-state index contributed by atoms with van der Waals surface area (Å²) in [5.74, 6) is 0.777. The predicted octanol–water partition coefficient (Wildman–Crippen LogP) is 4.05. The maximum absolute atomic E-state index is 12.2. The number of fused-ring (bicyclic) bond motifs is 1. The van der Waals surface area contributed by atoms with Crippen LogP contribution in [0.3, 0.4) is 0 Å². The second-order valence-corrected chi connectivity index (χ2v) is 6.79. The van der Waals surface area contributed by atoms with E-state index in [4.69, 9.17) is 5.26 Å². The van der Waals surface area contributed by atoms with Gasteiger partial charge in [0, 0.05) is 17.1 Å². The number of aromatic amines is 1. The van der Waals surface area contributed by atoms with E-state index in [1.54, 1.807) is 0 Å². The van der Waals surface area contributed by atoms with Crippen molar-refractivity contribution in [3.05, 3.63) is 46.8 Å². The van der Waals surface area contributed by atoms with Crippen molar-refractivity contribution in [2.45, 2.75) is 18.0 Å². The van der Waals surface area contributed by atoms with Crippen LogP contribution in [0.15, 0.2) is 46.3 Å². The number of nitrogens with zero attached hydrogens (tertiary/aromatic N) is 2. The van der Waals surface area contributed by atoms with Crippen molar-refractivity contribution in [3.8, 4) is 16.5 Å². The number of hydrogen-bond donors (Lipinski definition) is 1. The lowest BCUT2D eigenvalue weighted by molar-refractivity contribution is 0.951. The smallest absolute Gasteiger partial charge is 0.260 e. The summed E-state index contributed by atoms with van der Waals surface area (Å²) in [5, 5.41) is 9.78. The second-order valence-electron chi connectivity index (χ2n) is 4.68. The molecule has 3 aromatic rings. The van der Waals surface area contributed by atoms with Crippen LogP contribution in [0.4, 0.5) is 0 Å². The number of unbranched alkanes of at least 4 members (excludes halogenated alkanes) is 1. The van der Waals surface area contributed by atoms with E-state index >= 15 is 0 Å². The van der Waals surface area contributed by atoms with Crippen LogP contribution in [-0.4, -0.2) is 15.7 Å². The number of benzene rings is 1. The Kier molecular flexibility index (Phi) is 4.56. The van der Waals surface area contributed by atoms with Crippen molar-refractivity contribution in [1.82, 2.24) is 9.97 Å². The Morgan fingerprint density at radius 1 is 1.32 bits per heavy atom. The molecule has 2 aromatic heterocycles. The first kappa shape index (κ1) is 14.8. The Morgan fingerprint density at radius 3 is 2.91 bits per heavy atom. The first-order chi connectivity index (χ1) is 10.8. The van der Waals surface area contributed by atoms with Crippen molar-refractivity contribution in [2.75, 3.05) is 5.75 Å². The molecule has 22 heavy (non-hydrogen) atoms. The van der Waals surface area contributed by atoms with E-state index < -0.39 is 0 Å². The van der Waals surface area contributed by atoms with E-state index in [0.717, 1.165) is 27.4 Å². The Balaban J connectivity index is 1.90. The third-order valence-corrected chi connectivity index (χ3v) is 5.15. The van der Waals surface area contributed by atoms with E-state index in [0.29, 0.717) is 17.0 Å². The third kappa shape index (κ3) is 3.21. The van der Waals surface area contributed by atoms with E-state index in [9.17, 15) is 4.79 Å². The summed E-state index contributed by atoms with van der Waals surface area (Å²) in [6.45, 7) is 0. The van der Waals surface area contributed by atoms with Crippen molar-refractivity contribution in [1.29, 1.82) is 5.26 Å². The molecule has 0 unspecified atom stereocenters. The minimum Gasteiger partial charge on any atom is -0.301 e. The van der Waals surface area contributed by atoms with Crippen molar-refractivity contribution in [2.24, 2.45) is 0 Å². The van der Waals surface area contributed by atoms with Crippen LogP contribution < -0.4 is 5.56 Å². The summed E-state index contributed by atoms with van der Waals surface area (Å²) in [6.07, 6.45) is 1.32. The highest BCUT2D eigenvalue weighted by atomic mass is 32.2. The Morgan fingerprint density at radius 2 is 2.14 bits per heavy atom. The van der Waals surface area contributed by atoms with Gasteiger partial charge in [-0.1, -0.05) is 42.1 Å². The molecule has 1 N–H and O–H groups in total. The average Bonchev–Trinajstić information content (AvgIpc) is 2.97. The fourth-order valence-electron chi connectivity index (χ4n) is 2.04. The summed E-state index contributed by atoms with van der Waals surface area (Å²) in [5.41, 5.74) is 0.985. The molecule has 0 amide bonds. The molecule has 1 aromatic carbocycles. The molecule has 2 heterocycles. The number of nitrogens with one attached hydrogen (secondary N) is 1. The van der Waals surface area contributed by atoms with Gasteiger partial charge in [0.15, 0.2) is 5.16 Å². The first-order valence-electron chi connectivity index (χ1n) is 6.87. The summed E-state index contributed by atoms with van der Waals surface area (Å²) >= 11 is 3.01. The lowest BCUT2D eigenvalue weighted by Gasteiger charge is -1.98. The molecule has 0 bridgehead atoms. The van der Waals surface area contributed by atoms with Crippen LogP contribution in [0.25, 0.3) is 20.7 Å². The number of H-pyrrole nitrogens is 1. The summed E-state index contributed by atoms with van der Waals surface area (Å²) in [6, 6.07) is 14.0. The highest BCUT2D eigenvalue weighted by molar-refractivity contribution is 7.99. The summed E-state index contributed by atoms with van der Waals surface area (Å²) < 4.78 is 0. The maximum atomic E-state index is 12.2. The van der Waals surface area contributed by atoms with E-state index in [2.05, 4.69) is 16.0 Å². The zero-order chi connectivity index (χ0) is 15.4. The largest absolute Gasteiger partial charge is 0.301 e. The van der Waals surface area contributed by atoms with Crippen molar-refractivity contribution in [3.63, 3.8) is 0 Å². The van der Waals surface area contributed by atoms with E-state index in [1.165, 1.54) is 23.1 Å². The fraction of sp³-hybridized carbons (Fsp3) is 0.188. The number of thiophene rings is 1. The SMILES string of the molecule is N#CCCCSc1nc2sc(-c3ccccc3)cc2c(=O)[nH]1. The van der Waals surface area contributed by atoms with E-state index in [-0.39, 0.29) is 5.56 Å². The average molecular weight is 327 g/mol. The lowest BCUT2D eigenvalue weighted by Crippen LogP contribution is -2.07. The molecule has 3 rings (SSSR count). The molecule has 0 aliphatic heterocycles. The first-order valence-corrected chi connectivity index (χ1v) is 8.67. The normalized spacial score (nSPS) is 10.7. The third-order valence-electron chi connectivity index (χ3n) is 3.11. The molecule has 0 aliphatic rings. The molecule has 0 spiro atoms. The molecule has 0 saturated heterocycles. The fourth-order valence-corrected chi connectivity index (χ4v) is 3.94. The molecule has 4 nitrogen and oxygen atoms in total. The highest BCUT2D eigenvalue weighted by Gasteiger charge is 2.10. The van der Waals surface area contributed by atoms with Gasteiger partial charge in [0.25, 0.3) is 5.56 Å². The van der Waals surface area contributed by atoms with Crippen molar-refractivity contribution < 1.29 is 0 Å². The molecule has 0 radical (unpaired) electrons. The van der Waals surface area contributed by atoms with E-state index in [1.807, 2.05) is 36.4 Å². The second kappa shape index (κ2) is 6.77. The Labute approximate surface area is 135 Å². The van der Waals surface area contributed by atoms with Crippen LogP contribution in [0, 0.1) is 11.3 Å². The van der Waals surface area contributed by atoms with Gasteiger partial charge >= 0.3 is 0 Å². The lowest BCUT2D eigenvalue weighted by atomic mass is 10.2. The van der Waals surface area contributed by atoms with Crippen LogP contribution in [0.2, 0.25) is 0 Å². The van der Waals surface area contributed by atoms with Gasteiger partial charge in [-0.15, -0.1) is 11.3 Å². The molecule has 6 heteroatoms. The van der Waals surface area contributed by atoms with Gasteiger partial charge in [0.05, 0.1) is 11.5 Å². The molecule has 0 atom stereocenters. The summed E-state index contributed by atoms with van der Waals surface area (Å²) in [7, 11) is 0. The van der Waals surface area contributed by atoms with Gasteiger partial charge in [0.2, 0.25) is 0 Å². The van der Waals surface area contributed by atoms with Gasteiger partial charge in [-0.05, 0) is 18.1 Å². The Bertz CT molecular complexity index is 878. The van der Waals surface area contributed by atoms with Crippen LogP contribution in [-0.2, 0) is 0 Å². The highest BCUT2D eigenvalue weighted by Crippen LogP contribution is 2.31. The minimum atomic E-state index is -0.105. The maximum Gasteiger partial charge on any atom is 0.260 e. The number of rotatable bonds is 5. The molecule has 110 valence electrons. The van der Waals surface area contributed by atoms with Gasteiger partial charge in [0.1, 0.15) is 4.83 Å². The molecular formula is C16H13N3OS2. The Hall–Kier alpha value is -2.10. The molecule has 0 aliphatic carbocycles. The van der Waals surface area contributed by atoms with Gasteiger partial charge in [-0.25, -0.2) is 4.98 Å². The zero-order valence-electron chi connectivity index (χ0n) is 11.7.